The Balaban J connectivity index is 1.75. The highest BCUT2D eigenvalue weighted by molar-refractivity contribution is 6.32. The smallest absolute Gasteiger partial charge is 0.308 e. The average molecular weight is 296 g/mol. The van der Waals surface area contributed by atoms with E-state index in [0.717, 1.165) is 31.4 Å². The number of benzene rings is 1. The Bertz CT molecular complexity index is 534. The minimum Gasteiger partial charge on any atom is -0.495 e. The number of halogens is 1. The zero-order valence-corrected chi connectivity index (χ0v) is 12.1. The molecule has 1 aromatic rings. The van der Waals surface area contributed by atoms with Crippen LogP contribution in [0.4, 0.5) is 0 Å². The maximum absolute atomic E-state index is 11.3. The maximum Gasteiger partial charge on any atom is 0.308 e. The summed E-state index contributed by atoms with van der Waals surface area (Å²) in [7, 11) is 1.60. The van der Waals surface area contributed by atoms with Gasteiger partial charge in [0.15, 0.2) is 0 Å². The Hall–Kier alpha value is -1.26. The minimum atomic E-state index is -0.657. The highest BCUT2D eigenvalue weighted by Crippen LogP contribution is 2.42. The Labute approximate surface area is 123 Å². The van der Waals surface area contributed by atoms with Gasteiger partial charge in [-0.25, -0.2) is 0 Å². The van der Waals surface area contributed by atoms with Gasteiger partial charge < -0.3 is 9.84 Å². The van der Waals surface area contributed by atoms with E-state index >= 15 is 0 Å². The number of hydrogen-bond acceptors (Lipinski definition) is 3. The van der Waals surface area contributed by atoms with Crippen molar-refractivity contribution in [2.45, 2.75) is 37.9 Å². The van der Waals surface area contributed by atoms with E-state index < -0.39 is 5.97 Å². The van der Waals surface area contributed by atoms with E-state index in [1.807, 2.05) is 18.2 Å². The summed E-state index contributed by atoms with van der Waals surface area (Å²) < 4.78 is 5.15. The molecule has 4 nitrogen and oxygen atoms in total. The van der Waals surface area contributed by atoms with E-state index in [1.54, 1.807) is 7.11 Å². The maximum atomic E-state index is 11.3. The van der Waals surface area contributed by atoms with Crippen molar-refractivity contribution in [3.63, 3.8) is 0 Å². The lowest BCUT2D eigenvalue weighted by Crippen LogP contribution is -2.32. The molecule has 2 bridgehead atoms. The van der Waals surface area contributed by atoms with Crippen LogP contribution in [-0.2, 0) is 11.3 Å². The summed E-state index contributed by atoms with van der Waals surface area (Å²) in [6.07, 6.45) is 2.88. The molecule has 0 aromatic heterocycles. The van der Waals surface area contributed by atoms with Crippen molar-refractivity contribution >= 4 is 17.6 Å². The molecule has 20 heavy (non-hydrogen) atoms. The lowest BCUT2D eigenvalue weighted by molar-refractivity contribution is -0.142. The van der Waals surface area contributed by atoms with Crippen LogP contribution < -0.4 is 4.74 Å². The second-order valence-electron chi connectivity index (χ2n) is 5.62. The van der Waals surface area contributed by atoms with Crippen LogP contribution in [0.1, 0.15) is 24.8 Å². The lowest BCUT2D eigenvalue weighted by Gasteiger charge is -2.23. The molecule has 0 amide bonds. The number of carbonyl (C=O) groups is 1. The number of methoxy groups -OCH3 is 1. The lowest BCUT2D eigenvalue weighted by atomic mass is 9.89. The quantitative estimate of drug-likeness (QED) is 0.928. The molecule has 3 rings (SSSR count). The van der Waals surface area contributed by atoms with E-state index in [0.29, 0.717) is 16.8 Å². The largest absolute Gasteiger partial charge is 0.495 e. The summed E-state index contributed by atoms with van der Waals surface area (Å²) >= 11 is 6.14. The van der Waals surface area contributed by atoms with E-state index in [1.165, 1.54) is 0 Å². The monoisotopic (exact) mass is 295 g/mol. The zero-order chi connectivity index (χ0) is 14.3. The van der Waals surface area contributed by atoms with Gasteiger partial charge in [-0.3, -0.25) is 9.69 Å². The first-order valence-corrected chi connectivity index (χ1v) is 7.29. The standard InChI is InChI=1S/C15H18ClNO3/c1-20-14-5-2-9(6-12(14)16)8-17-10-3-4-13(17)11(7-10)15(18)19/h2,5-6,10-11,13H,3-4,7-8H2,1H3,(H,18,19). The third kappa shape index (κ3) is 2.27. The Morgan fingerprint density at radius 2 is 2.30 bits per heavy atom. The Kier molecular flexibility index (Phi) is 3.61. The summed E-state index contributed by atoms with van der Waals surface area (Å²) in [5.74, 6) is -0.194. The number of rotatable bonds is 4. The van der Waals surface area contributed by atoms with E-state index in [2.05, 4.69) is 4.90 Å². The van der Waals surface area contributed by atoms with Gasteiger partial charge in [-0.2, -0.15) is 0 Å². The van der Waals surface area contributed by atoms with Gasteiger partial charge >= 0.3 is 5.97 Å². The number of carboxylic acid groups (broad SMARTS) is 1. The fourth-order valence-electron chi connectivity index (χ4n) is 3.63. The Morgan fingerprint density at radius 3 is 2.90 bits per heavy atom. The zero-order valence-electron chi connectivity index (χ0n) is 11.4. The van der Waals surface area contributed by atoms with Crippen LogP contribution in [0.25, 0.3) is 0 Å². The predicted octanol–water partition coefficient (Wildman–Crippen LogP) is 2.79. The van der Waals surface area contributed by atoms with Gasteiger partial charge in [-0.05, 0) is 37.0 Å². The van der Waals surface area contributed by atoms with E-state index in [4.69, 9.17) is 16.3 Å². The number of fused-ring (bicyclic) bond motifs is 2. The molecule has 2 fully saturated rings. The van der Waals surface area contributed by atoms with Crippen LogP contribution in [-0.4, -0.2) is 35.2 Å². The molecule has 2 aliphatic heterocycles. The molecule has 0 radical (unpaired) electrons. The van der Waals surface area contributed by atoms with Crippen LogP contribution in [0.2, 0.25) is 5.02 Å². The van der Waals surface area contributed by atoms with Gasteiger partial charge in [0, 0.05) is 18.6 Å². The van der Waals surface area contributed by atoms with Gasteiger partial charge in [0.2, 0.25) is 0 Å². The number of nitrogens with zero attached hydrogens (tertiary/aromatic N) is 1. The molecule has 5 heteroatoms. The van der Waals surface area contributed by atoms with Crippen LogP contribution in [0.3, 0.4) is 0 Å². The molecule has 0 spiro atoms. The van der Waals surface area contributed by atoms with E-state index in [-0.39, 0.29) is 12.0 Å². The summed E-state index contributed by atoms with van der Waals surface area (Å²) in [5, 5.41) is 9.87. The molecule has 1 N–H and O–H groups in total. The summed E-state index contributed by atoms with van der Waals surface area (Å²) in [4.78, 5) is 13.6. The molecule has 2 aliphatic rings. The molecular formula is C15H18ClNO3. The molecule has 3 unspecified atom stereocenters. The first kappa shape index (κ1) is 13.7. The number of aliphatic carboxylic acids is 1. The van der Waals surface area contributed by atoms with Crippen molar-refractivity contribution in [3.8, 4) is 5.75 Å². The van der Waals surface area contributed by atoms with Crippen LogP contribution in [0.15, 0.2) is 18.2 Å². The molecule has 108 valence electrons. The summed E-state index contributed by atoms with van der Waals surface area (Å²) in [6.45, 7) is 0.767. The normalized spacial score (nSPS) is 28.8. The second kappa shape index (κ2) is 5.26. The van der Waals surface area contributed by atoms with Gasteiger partial charge in [-0.1, -0.05) is 17.7 Å². The molecule has 2 heterocycles. The van der Waals surface area contributed by atoms with Crippen LogP contribution >= 0.6 is 11.6 Å². The SMILES string of the molecule is COc1ccc(CN2C3CCC2C(C(=O)O)C3)cc1Cl. The van der Waals surface area contributed by atoms with Crippen LogP contribution in [0, 0.1) is 5.92 Å². The molecular weight excluding hydrogens is 278 g/mol. The topological polar surface area (TPSA) is 49.8 Å². The van der Waals surface area contributed by atoms with Crippen molar-refractivity contribution in [2.75, 3.05) is 7.11 Å². The van der Waals surface area contributed by atoms with Crippen molar-refractivity contribution < 1.29 is 14.6 Å². The van der Waals surface area contributed by atoms with Crippen molar-refractivity contribution in [3.05, 3.63) is 28.8 Å². The molecule has 3 atom stereocenters. The van der Waals surface area contributed by atoms with Gasteiger partial charge in [0.25, 0.3) is 0 Å². The average Bonchev–Trinajstić information content (AvgIpc) is 2.96. The summed E-state index contributed by atoms with van der Waals surface area (Å²) in [5.41, 5.74) is 1.11. The molecule has 0 saturated carbocycles. The minimum absolute atomic E-state index is 0.179. The first-order valence-electron chi connectivity index (χ1n) is 6.91. The van der Waals surface area contributed by atoms with Crippen molar-refractivity contribution in [1.29, 1.82) is 0 Å². The van der Waals surface area contributed by atoms with Crippen molar-refractivity contribution in [1.82, 2.24) is 4.90 Å². The molecule has 0 aliphatic carbocycles. The van der Waals surface area contributed by atoms with Crippen molar-refractivity contribution in [2.24, 2.45) is 5.92 Å². The first-order chi connectivity index (χ1) is 9.60. The highest BCUT2D eigenvalue weighted by atomic mass is 35.5. The van der Waals surface area contributed by atoms with E-state index in [9.17, 15) is 9.90 Å². The third-order valence-corrected chi connectivity index (χ3v) is 4.88. The van der Waals surface area contributed by atoms with Crippen LogP contribution in [0.5, 0.6) is 5.75 Å². The fourth-order valence-corrected chi connectivity index (χ4v) is 3.91. The molecule has 1 aromatic carbocycles. The highest BCUT2D eigenvalue weighted by Gasteiger charge is 2.48. The third-order valence-electron chi connectivity index (χ3n) is 4.58. The summed E-state index contributed by atoms with van der Waals surface area (Å²) in [6, 6.07) is 6.36. The number of ether oxygens (including phenoxy) is 1. The fraction of sp³-hybridized carbons (Fsp3) is 0.533. The number of carboxylic acids is 1. The predicted molar refractivity (Wildman–Crippen MR) is 76.1 cm³/mol. The second-order valence-corrected chi connectivity index (χ2v) is 6.03. The van der Waals surface area contributed by atoms with Gasteiger partial charge in [-0.15, -0.1) is 0 Å². The van der Waals surface area contributed by atoms with Gasteiger partial charge in [0.05, 0.1) is 18.1 Å². The Morgan fingerprint density at radius 1 is 1.50 bits per heavy atom. The van der Waals surface area contributed by atoms with Gasteiger partial charge in [0.1, 0.15) is 5.75 Å². The number of hydrogen-bond donors (Lipinski definition) is 1. The molecule has 2 saturated heterocycles.